The average molecular weight is 287 g/mol. The first-order chi connectivity index (χ1) is 10.1. The van der Waals surface area contributed by atoms with Gasteiger partial charge in [0.05, 0.1) is 30.7 Å². The topological polar surface area (TPSA) is 53.1 Å². The van der Waals surface area contributed by atoms with Gasteiger partial charge in [-0.1, -0.05) is 44.2 Å². The molecule has 0 aliphatic rings. The molecular formula is C17H25N3O. The minimum absolute atomic E-state index is 0.0620. The molecule has 4 nitrogen and oxygen atoms in total. The normalized spacial score (nSPS) is 14.3. The van der Waals surface area contributed by atoms with E-state index in [2.05, 4.69) is 35.5 Å². The third-order valence-corrected chi connectivity index (χ3v) is 3.84. The van der Waals surface area contributed by atoms with E-state index in [1.54, 1.807) is 7.11 Å². The van der Waals surface area contributed by atoms with Crippen LogP contribution in [0.2, 0.25) is 0 Å². The van der Waals surface area contributed by atoms with Crippen molar-refractivity contribution in [1.29, 1.82) is 0 Å². The third-order valence-electron chi connectivity index (χ3n) is 3.84. The van der Waals surface area contributed by atoms with Crippen LogP contribution in [0.4, 0.5) is 0 Å². The number of ether oxygens (including phenoxy) is 1. The predicted octanol–water partition coefficient (Wildman–Crippen LogP) is 2.97. The lowest BCUT2D eigenvalue weighted by Crippen LogP contribution is -2.25. The first-order valence-electron chi connectivity index (χ1n) is 7.43. The van der Waals surface area contributed by atoms with Gasteiger partial charge in [0.2, 0.25) is 0 Å². The SMILES string of the molecule is COCC(C(C)C)n1cncc1[C@H](N)Cc1ccccc1. The molecule has 1 aromatic heterocycles. The van der Waals surface area contributed by atoms with Crippen molar-refractivity contribution >= 4 is 0 Å². The van der Waals surface area contributed by atoms with Crippen molar-refractivity contribution in [2.45, 2.75) is 32.4 Å². The van der Waals surface area contributed by atoms with Gasteiger partial charge in [0.1, 0.15) is 0 Å². The summed E-state index contributed by atoms with van der Waals surface area (Å²) in [4.78, 5) is 4.30. The maximum absolute atomic E-state index is 6.40. The lowest BCUT2D eigenvalue weighted by atomic mass is 10.0. The molecule has 0 saturated heterocycles. The Kier molecular flexibility index (Phi) is 5.53. The van der Waals surface area contributed by atoms with Crippen LogP contribution in [0.15, 0.2) is 42.9 Å². The highest BCUT2D eigenvalue weighted by Gasteiger charge is 2.21. The first kappa shape index (κ1) is 15.7. The highest BCUT2D eigenvalue weighted by molar-refractivity contribution is 5.19. The summed E-state index contributed by atoms with van der Waals surface area (Å²) in [6, 6.07) is 10.5. The molecule has 1 aromatic carbocycles. The highest BCUT2D eigenvalue weighted by atomic mass is 16.5. The summed E-state index contributed by atoms with van der Waals surface area (Å²) in [7, 11) is 1.73. The van der Waals surface area contributed by atoms with Crippen LogP contribution in [0, 0.1) is 5.92 Å². The van der Waals surface area contributed by atoms with E-state index in [9.17, 15) is 0 Å². The standard InChI is InChI=1S/C17H25N3O/c1-13(2)17(11-21-3)20-12-19-10-16(20)15(18)9-14-7-5-4-6-8-14/h4-8,10,12-13,15,17H,9,11,18H2,1-3H3/t15-,17?/m1/s1. The molecule has 2 aromatic rings. The molecule has 0 bridgehead atoms. The molecule has 1 heterocycles. The van der Waals surface area contributed by atoms with Crippen molar-refractivity contribution < 1.29 is 4.74 Å². The lowest BCUT2D eigenvalue weighted by molar-refractivity contribution is 0.131. The van der Waals surface area contributed by atoms with Crippen molar-refractivity contribution in [1.82, 2.24) is 9.55 Å². The second-order valence-electron chi connectivity index (χ2n) is 5.79. The Morgan fingerprint density at radius 1 is 1.24 bits per heavy atom. The van der Waals surface area contributed by atoms with Gasteiger partial charge in [-0.05, 0) is 17.9 Å². The van der Waals surface area contributed by atoms with Crippen molar-refractivity contribution in [3.8, 4) is 0 Å². The van der Waals surface area contributed by atoms with Gasteiger partial charge in [0.15, 0.2) is 0 Å². The average Bonchev–Trinajstić information content (AvgIpc) is 2.94. The van der Waals surface area contributed by atoms with Crippen LogP contribution in [0.3, 0.4) is 0 Å². The zero-order valence-electron chi connectivity index (χ0n) is 13.1. The van der Waals surface area contributed by atoms with Crippen LogP contribution < -0.4 is 5.73 Å². The van der Waals surface area contributed by atoms with E-state index < -0.39 is 0 Å². The van der Waals surface area contributed by atoms with E-state index >= 15 is 0 Å². The monoisotopic (exact) mass is 287 g/mol. The fourth-order valence-corrected chi connectivity index (χ4v) is 2.62. The van der Waals surface area contributed by atoms with E-state index in [1.807, 2.05) is 30.7 Å². The second-order valence-corrected chi connectivity index (χ2v) is 5.79. The largest absolute Gasteiger partial charge is 0.383 e. The quantitative estimate of drug-likeness (QED) is 0.851. The van der Waals surface area contributed by atoms with Crippen LogP contribution in [0.5, 0.6) is 0 Å². The van der Waals surface area contributed by atoms with Crippen LogP contribution in [-0.4, -0.2) is 23.3 Å². The van der Waals surface area contributed by atoms with Crippen LogP contribution in [-0.2, 0) is 11.2 Å². The van der Waals surface area contributed by atoms with E-state index in [4.69, 9.17) is 10.5 Å². The molecule has 2 rings (SSSR count). The van der Waals surface area contributed by atoms with E-state index in [0.717, 1.165) is 12.1 Å². The van der Waals surface area contributed by atoms with Gasteiger partial charge in [-0.25, -0.2) is 4.98 Å². The lowest BCUT2D eigenvalue weighted by Gasteiger charge is -2.25. The summed E-state index contributed by atoms with van der Waals surface area (Å²) in [5.41, 5.74) is 8.71. The Morgan fingerprint density at radius 2 is 1.95 bits per heavy atom. The van der Waals surface area contributed by atoms with Gasteiger partial charge >= 0.3 is 0 Å². The molecule has 4 heteroatoms. The molecule has 0 amide bonds. The Balaban J connectivity index is 2.18. The number of nitrogens with two attached hydrogens (primary N) is 1. The first-order valence-corrected chi connectivity index (χ1v) is 7.43. The number of methoxy groups -OCH3 is 1. The third kappa shape index (κ3) is 3.93. The number of benzene rings is 1. The summed E-state index contributed by atoms with van der Waals surface area (Å²) in [6.45, 7) is 5.05. The number of imidazole rings is 1. The summed E-state index contributed by atoms with van der Waals surface area (Å²) in [5.74, 6) is 0.460. The zero-order chi connectivity index (χ0) is 15.2. The molecule has 0 radical (unpaired) electrons. The molecule has 0 fully saturated rings. The minimum atomic E-state index is -0.0620. The zero-order valence-corrected chi connectivity index (χ0v) is 13.1. The van der Waals surface area contributed by atoms with Gasteiger partial charge in [-0.3, -0.25) is 0 Å². The highest BCUT2D eigenvalue weighted by Crippen LogP contribution is 2.24. The molecule has 21 heavy (non-hydrogen) atoms. The van der Waals surface area contributed by atoms with Gasteiger partial charge in [0.25, 0.3) is 0 Å². The van der Waals surface area contributed by atoms with E-state index in [1.165, 1.54) is 5.56 Å². The Labute approximate surface area is 127 Å². The van der Waals surface area contributed by atoms with Gasteiger partial charge in [0, 0.05) is 13.3 Å². The molecule has 2 atom stereocenters. The van der Waals surface area contributed by atoms with Crippen LogP contribution >= 0.6 is 0 Å². The van der Waals surface area contributed by atoms with Gasteiger partial charge in [-0.15, -0.1) is 0 Å². The summed E-state index contributed by atoms with van der Waals surface area (Å²) >= 11 is 0. The van der Waals surface area contributed by atoms with E-state index in [-0.39, 0.29) is 12.1 Å². The smallest absolute Gasteiger partial charge is 0.0952 e. The Morgan fingerprint density at radius 3 is 2.57 bits per heavy atom. The van der Waals surface area contributed by atoms with Crippen molar-refractivity contribution in [3.63, 3.8) is 0 Å². The number of aromatic nitrogens is 2. The van der Waals surface area contributed by atoms with Crippen molar-refractivity contribution in [2.75, 3.05) is 13.7 Å². The molecule has 0 aliphatic carbocycles. The van der Waals surface area contributed by atoms with Crippen LogP contribution in [0.25, 0.3) is 0 Å². The Bertz CT molecular complexity index is 536. The van der Waals surface area contributed by atoms with Crippen LogP contribution in [0.1, 0.15) is 37.2 Å². The summed E-state index contributed by atoms with van der Waals surface area (Å²) in [5, 5.41) is 0. The molecule has 0 aliphatic heterocycles. The Hall–Kier alpha value is -1.65. The fraction of sp³-hybridized carbons (Fsp3) is 0.471. The molecule has 114 valence electrons. The maximum atomic E-state index is 6.40. The van der Waals surface area contributed by atoms with Gasteiger partial charge < -0.3 is 15.0 Å². The number of nitrogens with zero attached hydrogens (tertiary/aromatic N) is 2. The van der Waals surface area contributed by atoms with Crippen molar-refractivity contribution in [2.24, 2.45) is 11.7 Å². The maximum Gasteiger partial charge on any atom is 0.0952 e. The second kappa shape index (κ2) is 7.38. The predicted molar refractivity (Wildman–Crippen MR) is 85.1 cm³/mol. The molecule has 1 unspecified atom stereocenters. The number of rotatable bonds is 7. The summed E-state index contributed by atoms with van der Waals surface area (Å²) < 4.78 is 7.52. The number of hydrogen-bond acceptors (Lipinski definition) is 3. The number of hydrogen-bond donors (Lipinski definition) is 1. The summed E-state index contributed by atoms with van der Waals surface area (Å²) in [6.07, 6.45) is 4.55. The molecule has 2 N–H and O–H groups in total. The van der Waals surface area contributed by atoms with Crippen molar-refractivity contribution in [3.05, 3.63) is 54.1 Å². The molecule has 0 spiro atoms. The van der Waals surface area contributed by atoms with Gasteiger partial charge in [-0.2, -0.15) is 0 Å². The van der Waals surface area contributed by atoms with E-state index in [0.29, 0.717) is 12.5 Å². The fourth-order valence-electron chi connectivity index (χ4n) is 2.62. The minimum Gasteiger partial charge on any atom is -0.383 e. The molecule has 0 saturated carbocycles. The molecular weight excluding hydrogens is 262 g/mol.